The zero-order valence-electron chi connectivity index (χ0n) is 25.9. The number of amides is 5. The van der Waals surface area contributed by atoms with Gasteiger partial charge in [0.15, 0.2) is 11.6 Å². The minimum absolute atomic E-state index is 0.0142. The number of ether oxygens (including phenoxy) is 2. The minimum atomic E-state index is -1.85. The molecule has 2 saturated carbocycles. The second-order valence-electron chi connectivity index (χ2n) is 13.0. The van der Waals surface area contributed by atoms with Crippen LogP contribution in [0.2, 0.25) is 0 Å². The number of hydrogen-bond acceptors (Lipinski definition) is 7. The number of carbonyl (C=O) groups is 5. The van der Waals surface area contributed by atoms with Gasteiger partial charge in [0, 0.05) is 25.6 Å². The topological polar surface area (TPSA) is 160 Å². The highest BCUT2D eigenvalue weighted by Gasteiger charge is 2.58. The van der Waals surface area contributed by atoms with Crippen LogP contribution in [0.3, 0.4) is 0 Å². The maximum atomic E-state index is 14.4. The lowest BCUT2D eigenvalue weighted by molar-refractivity contribution is -0.148. The normalized spacial score (nSPS) is 22.8. The molecule has 1 saturated heterocycles. The predicted molar refractivity (Wildman–Crippen MR) is 162 cm³/mol. The van der Waals surface area contributed by atoms with E-state index in [0.717, 1.165) is 42.2 Å². The summed E-state index contributed by atoms with van der Waals surface area (Å²) in [4.78, 5) is 69.4. The first-order valence-electron chi connectivity index (χ1n) is 15.8. The molecule has 6 rings (SSSR count). The van der Waals surface area contributed by atoms with E-state index in [1.54, 1.807) is 12.1 Å². The Morgan fingerprint density at radius 1 is 1.11 bits per heavy atom. The largest absolute Gasteiger partial charge is 0.473 e. The standard InChI is InChI=1S/C33H37F2N5O7/c1-39(29(42)23(11-18-7-8-18)37-32(45)46-16-20-5-3-2-4-6-20)24(12-19-9-10-19)30(43)40-17-33(15-25(40)28(36)41)31(44)38-27-22(35)13-21(34)14-26(27)47-33/h2-6,13-14,18-19,23-25H,7-12,15-17H2,1H3,(H2,36,41)(H,37,45)(H,38,44)/t23-,24-,25-,33+/m0/s1. The Kier molecular flexibility index (Phi) is 8.77. The number of alkyl carbamates (subject to hydrolysis) is 1. The number of rotatable bonds is 11. The third kappa shape index (κ3) is 7.00. The number of nitrogens with two attached hydrogens (primary N) is 1. The molecule has 1 spiro atoms. The van der Waals surface area contributed by atoms with Gasteiger partial charge in [-0.25, -0.2) is 13.6 Å². The van der Waals surface area contributed by atoms with Crippen LogP contribution in [0.5, 0.6) is 5.75 Å². The molecule has 3 fully saturated rings. The quantitative estimate of drug-likeness (QED) is 0.336. The van der Waals surface area contributed by atoms with E-state index in [9.17, 15) is 32.8 Å². The molecule has 2 aliphatic heterocycles. The summed E-state index contributed by atoms with van der Waals surface area (Å²) in [6, 6.07) is 7.28. The summed E-state index contributed by atoms with van der Waals surface area (Å²) in [7, 11) is 1.47. The average Bonchev–Trinajstić information content (AvgIpc) is 3.98. The summed E-state index contributed by atoms with van der Waals surface area (Å²) >= 11 is 0. The van der Waals surface area contributed by atoms with Crippen molar-refractivity contribution in [3.05, 3.63) is 59.7 Å². The number of likely N-dealkylation sites (N-methyl/N-ethyl adjacent to an activating group) is 1. The van der Waals surface area contributed by atoms with Gasteiger partial charge in [-0.15, -0.1) is 0 Å². The SMILES string of the molecule is CN(C(=O)[C@H](CC1CC1)NC(=O)OCc1ccccc1)[C@@H](CC1CC1)C(=O)N1C[C@@]2(C[C@H]1C(N)=O)Oc1cc(F)cc(F)c1NC2=O. The Balaban J connectivity index is 1.21. The molecule has 0 unspecified atom stereocenters. The van der Waals surface area contributed by atoms with Crippen LogP contribution in [0.4, 0.5) is 19.3 Å². The lowest BCUT2D eigenvalue weighted by atomic mass is 9.96. The Morgan fingerprint density at radius 2 is 1.79 bits per heavy atom. The predicted octanol–water partition coefficient (Wildman–Crippen LogP) is 2.84. The van der Waals surface area contributed by atoms with E-state index in [4.69, 9.17) is 15.2 Å². The Hall–Kier alpha value is -4.75. The van der Waals surface area contributed by atoms with Crippen molar-refractivity contribution in [2.24, 2.45) is 17.6 Å². The molecular weight excluding hydrogens is 616 g/mol. The molecule has 14 heteroatoms. The van der Waals surface area contributed by atoms with Crippen molar-refractivity contribution in [3.63, 3.8) is 0 Å². The smallest absolute Gasteiger partial charge is 0.408 e. The van der Waals surface area contributed by atoms with E-state index in [1.165, 1.54) is 11.9 Å². The highest BCUT2D eigenvalue weighted by Crippen LogP contribution is 2.43. The van der Waals surface area contributed by atoms with Gasteiger partial charge in [-0.1, -0.05) is 56.0 Å². The van der Waals surface area contributed by atoms with Gasteiger partial charge in [-0.3, -0.25) is 19.2 Å². The number of fused-ring (bicyclic) bond motifs is 1. The van der Waals surface area contributed by atoms with Crippen LogP contribution in [0.15, 0.2) is 42.5 Å². The van der Waals surface area contributed by atoms with E-state index in [2.05, 4.69) is 10.6 Å². The minimum Gasteiger partial charge on any atom is -0.473 e. The van der Waals surface area contributed by atoms with E-state index in [0.29, 0.717) is 12.5 Å². The lowest BCUT2D eigenvalue weighted by Gasteiger charge is -2.36. The number of anilines is 1. The number of halogens is 2. The van der Waals surface area contributed by atoms with Crippen molar-refractivity contribution >= 4 is 35.4 Å². The fraction of sp³-hybridized carbons (Fsp3) is 0.485. The molecule has 2 aromatic rings. The summed E-state index contributed by atoms with van der Waals surface area (Å²) in [6.45, 7) is -0.429. The van der Waals surface area contributed by atoms with Gasteiger partial charge in [-0.2, -0.15) is 0 Å². The second-order valence-corrected chi connectivity index (χ2v) is 13.0. The number of primary amides is 1. The van der Waals surface area contributed by atoms with Crippen LogP contribution in [-0.4, -0.2) is 76.8 Å². The Labute approximate surface area is 269 Å². The van der Waals surface area contributed by atoms with E-state index in [-0.39, 0.29) is 42.7 Å². The summed E-state index contributed by atoms with van der Waals surface area (Å²) in [5, 5.41) is 5.07. The van der Waals surface area contributed by atoms with Crippen molar-refractivity contribution in [3.8, 4) is 5.75 Å². The zero-order chi connectivity index (χ0) is 33.5. The molecule has 4 aliphatic rings. The number of nitrogens with one attached hydrogen (secondary N) is 2. The van der Waals surface area contributed by atoms with Gasteiger partial charge in [-0.05, 0) is 30.2 Å². The first-order chi connectivity index (χ1) is 22.4. The van der Waals surface area contributed by atoms with Crippen LogP contribution >= 0.6 is 0 Å². The van der Waals surface area contributed by atoms with Crippen molar-refractivity contribution < 1.29 is 42.2 Å². The molecule has 4 atom stereocenters. The van der Waals surface area contributed by atoms with Gasteiger partial charge in [0.25, 0.3) is 5.91 Å². The molecule has 47 heavy (non-hydrogen) atoms. The van der Waals surface area contributed by atoms with Gasteiger partial charge in [0.05, 0.1) is 6.54 Å². The van der Waals surface area contributed by atoms with E-state index >= 15 is 0 Å². The monoisotopic (exact) mass is 653 g/mol. The Bertz CT molecular complexity index is 1580. The lowest BCUT2D eigenvalue weighted by Crippen LogP contribution is -2.58. The summed E-state index contributed by atoms with van der Waals surface area (Å²) in [5.41, 5.74) is 4.28. The fourth-order valence-corrected chi connectivity index (χ4v) is 6.33. The highest BCUT2D eigenvalue weighted by atomic mass is 19.1. The van der Waals surface area contributed by atoms with E-state index in [1.807, 2.05) is 18.2 Å². The molecule has 0 aromatic heterocycles. The van der Waals surface area contributed by atoms with Gasteiger partial charge < -0.3 is 35.6 Å². The maximum Gasteiger partial charge on any atom is 0.408 e. The van der Waals surface area contributed by atoms with Crippen LogP contribution in [-0.2, 0) is 30.5 Å². The molecule has 4 N–H and O–H groups in total. The number of hydrogen-bond donors (Lipinski definition) is 3. The van der Waals surface area contributed by atoms with Crippen LogP contribution in [0, 0.1) is 23.5 Å². The molecule has 5 amide bonds. The first-order valence-corrected chi connectivity index (χ1v) is 15.8. The fourth-order valence-electron chi connectivity index (χ4n) is 6.33. The highest BCUT2D eigenvalue weighted by molar-refractivity contribution is 6.03. The number of likely N-dealkylation sites (tertiary alicyclic amines) is 1. The number of carbonyl (C=O) groups excluding carboxylic acids is 5. The van der Waals surface area contributed by atoms with Gasteiger partial charge in [0.1, 0.15) is 36.2 Å². The Morgan fingerprint density at radius 3 is 2.45 bits per heavy atom. The molecular formula is C33H37F2N5O7. The van der Waals surface area contributed by atoms with Crippen molar-refractivity contribution in [1.82, 2.24) is 15.1 Å². The van der Waals surface area contributed by atoms with Gasteiger partial charge in [0.2, 0.25) is 23.3 Å². The summed E-state index contributed by atoms with van der Waals surface area (Å²) in [5.74, 6) is -4.71. The molecule has 12 nitrogen and oxygen atoms in total. The molecule has 2 heterocycles. The van der Waals surface area contributed by atoms with Crippen LogP contribution < -0.4 is 21.1 Å². The summed E-state index contributed by atoms with van der Waals surface area (Å²) in [6.07, 6.45) is 3.05. The maximum absolute atomic E-state index is 14.4. The molecule has 0 radical (unpaired) electrons. The molecule has 2 aromatic carbocycles. The number of nitrogens with zero attached hydrogens (tertiary/aromatic N) is 2. The van der Waals surface area contributed by atoms with E-state index < -0.39 is 71.6 Å². The molecule has 0 bridgehead atoms. The third-order valence-corrected chi connectivity index (χ3v) is 9.34. The van der Waals surface area contributed by atoms with Crippen LogP contribution in [0.1, 0.15) is 50.5 Å². The first kappa shape index (κ1) is 32.2. The van der Waals surface area contributed by atoms with Gasteiger partial charge >= 0.3 is 6.09 Å². The number of benzene rings is 2. The second kappa shape index (κ2) is 12.8. The molecule has 2 aliphatic carbocycles. The molecule has 250 valence electrons. The van der Waals surface area contributed by atoms with Crippen molar-refractivity contribution in [2.45, 2.75) is 75.3 Å². The van der Waals surface area contributed by atoms with Crippen molar-refractivity contribution in [1.29, 1.82) is 0 Å². The average molecular weight is 654 g/mol. The zero-order valence-corrected chi connectivity index (χ0v) is 25.9. The van der Waals surface area contributed by atoms with Crippen molar-refractivity contribution in [2.75, 3.05) is 18.9 Å². The third-order valence-electron chi connectivity index (χ3n) is 9.34. The summed E-state index contributed by atoms with van der Waals surface area (Å²) < 4.78 is 39.6. The van der Waals surface area contributed by atoms with Crippen LogP contribution in [0.25, 0.3) is 0 Å².